The van der Waals surface area contributed by atoms with Crippen molar-refractivity contribution in [3.05, 3.63) is 68.2 Å². The molecule has 0 fully saturated rings. The number of methoxy groups -OCH3 is 1. The minimum Gasteiger partial charge on any atom is -0.493 e. The number of Topliss-reactive ketones (excluding diaryl/α,β-unsaturated/α-hetero) is 1. The molecule has 2 atom stereocenters. The molecule has 170 valence electrons. The number of fused-ring (bicyclic) bond motifs is 1. The minimum absolute atomic E-state index is 0.118. The summed E-state index contributed by atoms with van der Waals surface area (Å²) in [5, 5.41) is 11.7. The number of nitro groups is 1. The monoisotopic (exact) mass is 505 g/mol. The molecule has 0 spiro atoms. The van der Waals surface area contributed by atoms with Gasteiger partial charge in [0.1, 0.15) is 12.2 Å². The van der Waals surface area contributed by atoms with Crippen LogP contribution in [0.4, 0.5) is 0 Å². The second-order valence-electron chi connectivity index (χ2n) is 8.55. The lowest BCUT2D eigenvalue weighted by atomic mass is 9.66. The van der Waals surface area contributed by atoms with E-state index in [4.69, 9.17) is 14.2 Å². The fraction of sp³-hybridized carbons (Fsp3) is 0.391. The van der Waals surface area contributed by atoms with Crippen LogP contribution in [-0.2, 0) is 9.53 Å². The third-order valence-electron chi connectivity index (χ3n) is 5.25. The number of para-hydroxylation sites is 1. The molecule has 0 aliphatic carbocycles. The van der Waals surface area contributed by atoms with Crippen LogP contribution in [0.2, 0.25) is 0 Å². The zero-order valence-corrected chi connectivity index (χ0v) is 19.8. The van der Waals surface area contributed by atoms with Crippen molar-refractivity contribution in [2.75, 3.05) is 20.3 Å². The Hall–Kier alpha value is -2.94. The van der Waals surface area contributed by atoms with Crippen LogP contribution in [0.1, 0.15) is 42.6 Å². The first-order valence-electron chi connectivity index (χ1n) is 9.95. The fourth-order valence-corrected chi connectivity index (χ4v) is 4.07. The average molecular weight is 506 g/mol. The number of ketones is 1. The molecule has 0 amide bonds. The van der Waals surface area contributed by atoms with Crippen LogP contribution in [0.15, 0.2) is 46.9 Å². The number of hydrogen-bond acceptors (Lipinski definition) is 7. The maximum Gasteiger partial charge on any atom is 0.325 e. The van der Waals surface area contributed by atoms with Gasteiger partial charge in [0.05, 0.1) is 18.6 Å². The molecular formula is C23H24BrNO7. The van der Waals surface area contributed by atoms with E-state index in [1.807, 2.05) is 0 Å². The van der Waals surface area contributed by atoms with Crippen LogP contribution in [0, 0.1) is 15.5 Å². The van der Waals surface area contributed by atoms with E-state index in [1.54, 1.807) is 57.2 Å². The van der Waals surface area contributed by atoms with Gasteiger partial charge < -0.3 is 14.2 Å². The van der Waals surface area contributed by atoms with Crippen LogP contribution in [-0.4, -0.2) is 42.5 Å². The molecule has 8 nitrogen and oxygen atoms in total. The Bertz CT molecular complexity index is 1050. The maximum absolute atomic E-state index is 13.9. The number of hydrogen-bond donors (Lipinski definition) is 0. The van der Waals surface area contributed by atoms with Gasteiger partial charge in [-0.1, -0.05) is 34.1 Å². The van der Waals surface area contributed by atoms with Crippen molar-refractivity contribution in [2.24, 2.45) is 5.41 Å². The Labute approximate surface area is 194 Å². The summed E-state index contributed by atoms with van der Waals surface area (Å²) < 4.78 is 17.6. The van der Waals surface area contributed by atoms with Crippen molar-refractivity contribution in [1.82, 2.24) is 0 Å². The first kappa shape index (κ1) is 23.7. The molecule has 0 bridgehead atoms. The van der Waals surface area contributed by atoms with Gasteiger partial charge in [-0.15, -0.1) is 0 Å². The smallest absolute Gasteiger partial charge is 0.325 e. The summed E-state index contributed by atoms with van der Waals surface area (Å²) in [5.41, 5.74) is -2.29. The maximum atomic E-state index is 13.9. The summed E-state index contributed by atoms with van der Waals surface area (Å²) in [6, 6.07) is 11.5. The van der Waals surface area contributed by atoms with Crippen LogP contribution >= 0.6 is 15.9 Å². The van der Waals surface area contributed by atoms with Crippen LogP contribution in [0.3, 0.4) is 0 Å². The minimum atomic E-state index is -1.95. The predicted octanol–water partition coefficient (Wildman–Crippen LogP) is 4.42. The van der Waals surface area contributed by atoms with Gasteiger partial charge in [-0.2, -0.15) is 0 Å². The number of esters is 1. The van der Waals surface area contributed by atoms with E-state index >= 15 is 0 Å². The van der Waals surface area contributed by atoms with E-state index in [0.29, 0.717) is 11.3 Å². The highest BCUT2D eigenvalue weighted by molar-refractivity contribution is 9.10. The molecule has 1 aliphatic heterocycles. The van der Waals surface area contributed by atoms with Gasteiger partial charge >= 0.3 is 5.97 Å². The second kappa shape index (κ2) is 8.90. The Kier molecular flexibility index (Phi) is 6.59. The molecule has 2 aromatic rings. The highest BCUT2D eigenvalue weighted by Crippen LogP contribution is 2.48. The van der Waals surface area contributed by atoms with Gasteiger partial charge in [-0.3, -0.25) is 19.7 Å². The number of carbonyl (C=O) groups excluding carboxylic acids is 2. The third kappa shape index (κ3) is 4.48. The fourth-order valence-electron chi connectivity index (χ4n) is 3.81. The van der Waals surface area contributed by atoms with Crippen LogP contribution < -0.4 is 9.47 Å². The van der Waals surface area contributed by atoms with Gasteiger partial charge in [-0.25, -0.2) is 0 Å². The molecule has 1 heterocycles. The Morgan fingerprint density at radius 1 is 1.25 bits per heavy atom. The summed E-state index contributed by atoms with van der Waals surface area (Å²) in [4.78, 5) is 38.6. The van der Waals surface area contributed by atoms with E-state index < -0.39 is 46.8 Å². The Balaban J connectivity index is 2.24. The molecule has 0 saturated carbocycles. The highest BCUT2D eigenvalue weighted by Gasteiger charge is 2.60. The Morgan fingerprint density at radius 3 is 2.47 bits per heavy atom. The van der Waals surface area contributed by atoms with E-state index in [-0.39, 0.29) is 11.3 Å². The van der Waals surface area contributed by atoms with Gasteiger partial charge in [-0.05, 0) is 50.6 Å². The van der Waals surface area contributed by atoms with Gasteiger partial charge in [0, 0.05) is 9.40 Å². The molecule has 0 N–H and O–H groups in total. The van der Waals surface area contributed by atoms with Crippen molar-refractivity contribution in [3.63, 3.8) is 0 Å². The molecular weight excluding hydrogens is 482 g/mol. The molecule has 1 aliphatic rings. The summed E-state index contributed by atoms with van der Waals surface area (Å²) >= 11 is 3.34. The summed E-state index contributed by atoms with van der Waals surface area (Å²) in [7, 11) is 1.44. The molecule has 2 aromatic carbocycles. The summed E-state index contributed by atoms with van der Waals surface area (Å²) in [6.07, 6.45) is 0. The number of benzene rings is 2. The van der Waals surface area contributed by atoms with E-state index in [1.165, 1.54) is 13.2 Å². The first-order valence-corrected chi connectivity index (χ1v) is 10.7. The van der Waals surface area contributed by atoms with Crippen LogP contribution in [0.5, 0.6) is 11.5 Å². The van der Waals surface area contributed by atoms with Crippen molar-refractivity contribution in [2.45, 2.75) is 32.3 Å². The molecule has 3 rings (SSSR count). The SMILES string of the molecule is COc1cccc2c1OC[C@](C(=O)OC(C)(C)C)([C@H](C[N+](=O)[O-])c1ccc(Br)cc1)C2=O. The van der Waals surface area contributed by atoms with E-state index in [2.05, 4.69) is 15.9 Å². The molecule has 0 saturated heterocycles. The Morgan fingerprint density at radius 2 is 1.91 bits per heavy atom. The number of ether oxygens (including phenoxy) is 3. The zero-order valence-electron chi connectivity index (χ0n) is 18.2. The number of nitrogens with zero attached hydrogens (tertiary/aromatic N) is 1. The van der Waals surface area contributed by atoms with Crippen molar-refractivity contribution >= 4 is 27.7 Å². The lowest BCUT2D eigenvalue weighted by Crippen LogP contribution is -2.55. The molecule has 9 heteroatoms. The number of carbonyl (C=O) groups is 2. The standard InChI is InChI=1S/C23H24BrNO7/c1-22(2,3)32-21(27)23(17(12-25(28)29)14-8-10-15(24)11-9-14)13-31-19-16(20(23)26)6-5-7-18(19)30-4/h5-11,17H,12-13H2,1-4H3/t17-,23+/m1/s1. The third-order valence-corrected chi connectivity index (χ3v) is 5.78. The average Bonchev–Trinajstić information content (AvgIpc) is 2.72. The van der Waals surface area contributed by atoms with Gasteiger partial charge in [0.2, 0.25) is 6.54 Å². The van der Waals surface area contributed by atoms with Crippen LogP contribution in [0.25, 0.3) is 0 Å². The number of rotatable bonds is 6. The summed E-state index contributed by atoms with van der Waals surface area (Å²) in [5.74, 6) is -2.04. The van der Waals surface area contributed by atoms with Crippen molar-refractivity contribution in [3.8, 4) is 11.5 Å². The molecule has 0 unspecified atom stereocenters. The molecule has 32 heavy (non-hydrogen) atoms. The zero-order chi connectivity index (χ0) is 23.7. The normalized spacial score (nSPS) is 18.8. The topological polar surface area (TPSA) is 105 Å². The molecule has 0 aromatic heterocycles. The summed E-state index contributed by atoms with van der Waals surface area (Å²) in [6.45, 7) is 3.95. The molecule has 0 radical (unpaired) electrons. The lowest BCUT2D eigenvalue weighted by Gasteiger charge is -2.40. The second-order valence-corrected chi connectivity index (χ2v) is 9.46. The lowest BCUT2D eigenvalue weighted by molar-refractivity contribution is -0.485. The van der Waals surface area contributed by atoms with Crippen molar-refractivity contribution in [1.29, 1.82) is 0 Å². The van der Waals surface area contributed by atoms with Gasteiger partial charge in [0.25, 0.3) is 0 Å². The van der Waals surface area contributed by atoms with Crippen molar-refractivity contribution < 1.29 is 28.7 Å². The van der Waals surface area contributed by atoms with Gasteiger partial charge in [0.15, 0.2) is 22.7 Å². The van der Waals surface area contributed by atoms with E-state index in [0.717, 1.165) is 4.47 Å². The highest BCUT2D eigenvalue weighted by atomic mass is 79.9. The van der Waals surface area contributed by atoms with E-state index in [9.17, 15) is 19.7 Å². The largest absolute Gasteiger partial charge is 0.493 e. The number of halogens is 1. The quantitative estimate of drug-likeness (QED) is 0.247. The first-order chi connectivity index (χ1) is 15.0. The predicted molar refractivity (Wildman–Crippen MR) is 120 cm³/mol.